The summed E-state index contributed by atoms with van der Waals surface area (Å²) < 4.78 is 0. The van der Waals surface area contributed by atoms with Crippen molar-refractivity contribution in [2.75, 3.05) is 5.75 Å². The molecule has 0 heterocycles. The summed E-state index contributed by atoms with van der Waals surface area (Å²) in [6, 6.07) is 8.56. The lowest BCUT2D eigenvalue weighted by atomic mass is 10.0. The highest BCUT2D eigenvalue weighted by Crippen LogP contribution is 2.23. The minimum atomic E-state index is 0.0785. The van der Waals surface area contributed by atoms with Gasteiger partial charge in [0.15, 0.2) is 0 Å². The third kappa shape index (κ3) is 4.30. The topological polar surface area (TPSA) is 58.6 Å². The molecule has 1 aromatic rings. The molecule has 0 bridgehead atoms. The third-order valence-corrected chi connectivity index (χ3v) is 3.94. The first kappa shape index (κ1) is 13.9. The maximum atomic E-state index is 8.55. The number of rotatable bonds is 5. The highest BCUT2D eigenvalue weighted by molar-refractivity contribution is 7.99. The van der Waals surface area contributed by atoms with Gasteiger partial charge in [0.1, 0.15) is 5.84 Å². The molecule has 1 unspecified atom stereocenters. The van der Waals surface area contributed by atoms with Gasteiger partial charge in [0.05, 0.1) is 0 Å². The zero-order chi connectivity index (χ0) is 12.8. The van der Waals surface area contributed by atoms with E-state index in [1.807, 2.05) is 6.92 Å². The molecule has 3 N–H and O–H groups in total. The summed E-state index contributed by atoms with van der Waals surface area (Å²) in [7, 11) is 0. The average molecular weight is 252 g/mol. The summed E-state index contributed by atoms with van der Waals surface area (Å²) in [4.78, 5) is 1.21. The van der Waals surface area contributed by atoms with E-state index in [9.17, 15) is 0 Å². The zero-order valence-electron chi connectivity index (χ0n) is 10.6. The monoisotopic (exact) mass is 252 g/mol. The van der Waals surface area contributed by atoms with E-state index in [0.717, 1.165) is 5.75 Å². The van der Waals surface area contributed by atoms with Crippen LogP contribution in [0, 0.1) is 5.92 Å². The lowest BCUT2D eigenvalue weighted by Gasteiger charge is -2.10. The summed E-state index contributed by atoms with van der Waals surface area (Å²) in [6.45, 7) is 6.32. The van der Waals surface area contributed by atoms with Gasteiger partial charge in [-0.05, 0) is 23.6 Å². The lowest BCUT2D eigenvalue weighted by molar-refractivity contribution is 0.315. The van der Waals surface area contributed by atoms with Gasteiger partial charge in [-0.15, -0.1) is 11.8 Å². The number of nitrogens with two attached hydrogens (primary N) is 1. The van der Waals surface area contributed by atoms with E-state index >= 15 is 0 Å². The number of thioether (sulfide) groups is 1. The molecule has 1 rings (SSSR count). The first-order chi connectivity index (χ1) is 8.04. The zero-order valence-corrected chi connectivity index (χ0v) is 11.4. The quantitative estimate of drug-likeness (QED) is 0.278. The van der Waals surface area contributed by atoms with Crippen molar-refractivity contribution < 1.29 is 5.21 Å². The molecule has 1 atom stereocenters. The number of amidine groups is 1. The Labute approximate surface area is 107 Å². The van der Waals surface area contributed by atoms with Crippen LogP contribution in [-0.2, 0) is 0 Å². The standard InChI is InChI=1S/C13H20N2OS/c1-9(2)11-4-6-12(7-5-11)17-8-10(3)13(14)15-16/h4-7,9-10,16H,8H2,1-3H3,(H2,14,15). The van der Waals surface area contributed by atoms with Crippen molar-refractivity contribution in [3.05, 3.63) is 29.8 Å². The Hall–Kier alpha value is -1.16. The van der Waals surface area contributed by atoms with Crippen LogP contribution in [0.2, 0.25) is 0 Å². The predicted octanol–water partition coefficient (Wildman–Crippen LogP) is 3.28. The molecule has 94 valence electrons. The second-order valence-electron chi connectivity index (χ2n) is 4.46. The molecule has 1 aromatic carbocycles. The van der Waals surface area contributed by atoms with Crippen LogP contribution >= 0.6 is 11.8 Å². The van der Waals surface area contributed by atoms with Crippen LogP contribution in [-0.4, -0.2) is 16.8 Å². The SMILES string of the molecule is CC(CSc1ccc(C(C)C)cc1)/C(N)=N/O. The summed E-state index contributed by atoms with van der Waals surface area (Å²) in [6.07, 6.45) is 0. The number of oxime groups is 1. The molecule has 0 fully saturated rings. The van der Waals surface area contributed by atoms with Gasteiger partial charge in [-0.3, -0.25) is 0 Å². The summed E-state index contributed by atoms with van der Waals surface area (Å²) in [5, 5.41) is 11.6. The molecule has 0 aliphatic carbocycles. The fourth-order valence-corrected chi connectivity index (χ4v) is 2.30. The molecular formula is C13H20N2OS. The molecule has 0 aliphatic heterocycles. The first-order valence-corrected chi connectivity index (χ1v) is 6.73. The number of hydrogen-bond donors (Lipinski definition) is 2. The molecule has 3 nitrogen and oxygen atoms in total. The Morgan fingerprint density at radius 2 is 1.88 bits per heavy atom. The van der Waals surface area contributed by atoms with Crippen molar-refractivity contribution >= 4 is 17.6 Å². The van der Waals surface area contributed by atoms with Crippen molar-refractivity contribution in [3.8, 4) is 0 Å². The number of nitrogens with zero attached hydrogens (tertiary/aromatic N) is 1. The molecule has 0 amide bonds. The van der Waals surface area contributed by atoms with E-state index in [4.69, 9.17) is 10.9 Å². The van der Waals surface area contributed by atoms with Gasteiger partial charge in [-0.1, -0.05) is 38.1 Å². The normalized spacial score (nSPS) is 14.0. The summed E-state index contributed by atoms with van der Waals surface area (Å²) in [5.74, 6) is 1.74. The average Bonchev–Trinajstić information content (AvgIpc) is 2.35. The van der Waals surface area contributed by atoms with E-state index in [2.05, 4.69) is 43.3 Å². The van der Waals surface area contributed by atoms with E-state index in [1.165, 1.54) is 10.5 Å². The lowest BCUT2D eigenvalue weighted by Crippen LogP contribution is -2.22. The van der Waals surface area contributed by atoms with Crippen LogP contribution in [0.3, 0.4) is 0 Å². The summed E-state index contributed by atoms with van der Waals surface area (Å²) >= 11 is 1.72. The summed E-state index contributed by atoms with van der Waals surface area (Å²) in [5.41, 5.74) is 6.88. The van der Waals surface area contributed by atoms with Crippen LogP contribution in [0.4, 0.5) is 0 Å². The van der Waals surface area contributed by atoms with Crippen LogP contribution in [0.25, 0.3) is 0 Å². The molecule has 4 heteroatoms. The van der Waals surface area contributed by atoms with Crippen LogP contribution in [0.15, 0.2) is 34.3 Å². The minimum Gasteiger partial charge on any atom is -0.409 e. The van der Waals surface area contributed by atoms with Crippen molar-refractivity contribution in [2.24, 2.45) is 16.8 Å². The Morgan fingerprint density at radius 3 is 2.35 bits per heavy atom. The first-order valence-electron chi connectivity index (χ1n) is 5.74. The van der Waals surface area contributed by atoms with Gasteiger partial charge < -0.3 is 10.9 Å². The maximum absolute atomic E-state index is 8.55. The molecule has 0 aliphatic rings. The van der Waals surface area contributed by atoms with Gasteiger partial charge >= 0.3 is 0 Å². The molecule has 0 saturated heterocycles. The van der Waals surface area contributed by atoms with E-state index in [1.54, 1.807) is 11.8 Å². The van der Waals surface area contributed by atoms with Crippen LogP contribution in [0.5, 0.6) is 0 Å². The Morgan fingerprint density at radius 1 is 1.29 bits per heavy atom. The largest absolute Gasteiger partial charge is 0.409 e. The van der Waals surface area contributed by atoms with E-state index in [0.29, 0.717) is 5.92 Å². The highest BCUT2D eigenvalue weighted by atomic mass is 32.2. The van der Waals surface area contributed by atoms with Crippen molar-refractivity contribution in [3.63, 3.8) is 0 Å². The Balaban J connectivity index is 2.53. The number of hydrogen-bond acceptors (Lipinski definition) is 3. The van der Waals surface area contributed by atoms with Gasteiger partial charge in [0.25, 0.3) is 0 Å². The third-order valence-electron chi connectivity index (χ3n) is 2.67. The second kappa shape index (κ2) is 6.55. The van der Waals surface area contributed by atoms with Crippen LogP contribution < -0.4 is 5.73 Å². The molecule has 0 saturated carbocycles. The van der Waals surface area contributed by atoms with E-state index < -0.39 is 0 Å². The van der Waals surface area contributed by atoms with Gasteiger partial charge in [-0.2, -0.15) is 0 Å². The van der Waals surface area contributed by atoms with Gasteiger partial charge in [-0.25, -0.2) is 0 Å². The van der Waals surface area contributed by atoms with Crippen LogP contribution in [0.1, 0.15) is 32.3 Å². The fourth-order valence-electron chi connectivity index (χ4n) is 1.35. The van der Waals surface area contributed by atoms with Gasteiger partial charge in [0.2, 0.25) is 0 Å². The second-order valence-corrected chi connectivity index (χ2v) is 5.55. The van der Waals surface area contributed by atoms with Gasteiger partial charge in [0, 0.05) is 16.6 Å². The minimum absolute atomic E-state index is 0.0785. The van der Waals surface area contributed by atoms with Crippen molar-refractivity contribution in [1.82, 2.24) is 0 Å². The van der Waals surface area contributed by atoms with E-state index in [-0.39, 0.29) is 11.8 Å². The molecular weight excluding hydrogens is 232 g/mol. The fraction of sp³-hybridized carbons (Fsp3) is 0.462. The molecule has 0 radical (unpaired) electrons. The Kier molecular flexibility index (Phi) is 5.35. The highest BCUT2D eigenvalue weighted by Gasteiger charge is 2.08. The van der Waals surface area contributed by atoms with Crippen molar-refractivity contribution in [2.45, 2.75) is 31.6 Å². The smallest absolute Gasteiger partial charge is 0.142 e. The number of benzene rings is 1. The Bertz CT molecular complexity index is 374. The van der Waals surface area contributed by atoms with Crippen molar-refractivity contribution in [1.29, 1.82) is 0 Å². The molecule has 0 aromatic heterocycles. The maximum Gasteiger partial charge on any atom is 0.142 e. The predicted molar refractivity (Wildman–Crippen MR) is 73.8 cm³/mol. The molecule has 17 heavy (non-hydrogen) atoms. The molecule has 0 spiro atoms.